The van der Waals surface area contributed by atoms with Gasteiger partial charge in [0.1, 0.15) is 17.1 Å². The summed E-state index contributed by atoms with van der Waals surface area (Å²) in [5.41, 5.74) is 7.25. The zero-order valence-electron chi connectivity index (χ0n) is 19.7. The molecule has 10 heteroatoms. The summed E-state index contributed by atoms with van der Waals surface area (Å²) in [7, 11) is 0. The number of anilines is 1. The van der Waals surface area contributed by atoms with Gasteiger partial charge in [0.15, 0.2) is 18.5 Å². The van der Waals surface area contributed by atoms with Crippen molar-refractivity contribution in [1.82, 2.24) is 15.3 Å². The Bertz CT molecular complexity index is 1400. The van der Waals surface area contributed by atoms with Crippen molar-refractivity contribution in [2.24, 2.45) is 0 Å². The lowest BCUT2D eigenvalue weighted by Gasteiger charge is -2.18. The fourth-order valence-electron chi connectivity index (χ4n) is 3.64. The molecule has 4 aromatic rings. The fraction of sp³-hybridized carbons (Fsp3) is 0.192. The van der Waals surface area contributed by atoms with Crippen molar-refractivity contribution in [3.63, 3.8) is 0 Å². The van der Waals surface area contributed by atoms with Gasteiger partial charge in [-0.05, 0) is 31.5 Å². The van der Waals surface area contributed by atoms with E-state index in [1.807, 2.05) is 0 Å². The SMILES string of the molecule is CCOC(=O)c1c(C)oc2nc(COC(=O)C(NC(=O)c3ccccc3)c3ccccc3)nc(N)c12. The number of fused-ring (bicyclic) bond motifs is 1. The number of rotatable bonds is 8. The van der Waals surface area contributed by atoms with Crippen molar-refractivity contribution >= 4 is 34.8 Å². The number of nitrogens with zero attached hydrogens (tertiary/aromatic N) is 2. The number of hydrogen-bond acceptors (Lipinski definition) is 9. The number of carbonyl (C=O) groups is 3. The Balaban J connectivity index is 1.55. The quantitative estimate of drug-likeness (QED) is 0.356. The van der Waals surface area contributed by atoms with E-state index in [9.17, 15) is 14.4 Å². The predicted octanol–water partition coefficient (Wildman–Crippen LogP) is 3.50. The fourth-order valence-corrected chi connectivity index (χ4v) is 3.64. The molecule has 0 aliphatic rings. The molecule has 1 atom stereocenters. The van der Waals surface area contributed by atoms with Gasteiger partial charge in [-0.1, -0.05) is 48.5 Å². The Morgan fingerprint density at radius 1 is 1.00 bits per heavy atom. The molecule has 1 amide bonds. The standard InChI is InChI=1S/C26H24N4O6/c1-3-34-25(32)19-15(2)36-24-20(19)22(27)28-18(29-24)14-35-26(33)21(16-10-6-4-7-11-16)30-23(31)17-12-8-5-9-13-17/h4-13,21H,3,14H2,1-2H3,(H,30,31)(H2,27,28,29). The Morgan fingerprint density at radius 2 is 1.67 bits per heavy atom. The van der Waals surface area contributed by atoms with E-state index in [0.29, 0.717) is 11.1 Å². The van der Waals surface area contributed by atoms with Gasteiger partial charge in [0.05, 0.1) is 12.0 Å². The lowest BCUT2D eigenvalue weighted by Crippen LogP contribution is -2.35. The molecule has 0 radical (unpaired) electrons. The zero-order chi connectivity index (χ0) is 25.7. The molecule has 0 saturated heterocycles. The van der Waals surface area contributed by atoms with Gasteiger partial charge in [-0.2, -0.15) is 4.98 Å². The molecule has 4 rings (SSSR count). The number of furan rings is 1. The van der Waals surface area contributed by atoms with Crippen molar-refractivity contribution in [3.05, 3.63) is 88.9 Å². The second-order valence-corrected chi connectivity index (χ2v) is 7.75. The molecule has 2 heterocycles. The molecule has 10 nitrogen and oxygen atoms in total. The number of nitrogens with one attached hydrogen (secondary N) is 1. The number of ether oxygens (including phenoxy) is 2. The summed E-state index contributed by atoms with van der Waals surface area (Å²) in [4.78, 5) is 46.5. The van der Waals surface area contributed by atoms with E-state index in [1.54, 1.807) is 74.5 Å². The number of benzene rings is 2. The first-order chi connectivity index (χ1) is 17.4. The summed E-state index contributed by atoms with van der Waals surface area (Å²) in [5, 5.41) is 2.95. The van der Waals surface area contributed by atoms with Crippen LogP contribution in [0.3, 0.4) is 0 Å². The highest BCUT2D eigenvalue weighted by atomic mass is 16.5. The molecular weight excluding hydrogens is 464 g/mol. The zero-order valence-corrected chi connectivity index (χ0v) is 19.7. The van der Waals surface area contributed by atoms with Crippen LogP contribution in [0.15, 0.2) is 65.1 Å². The van der Waals surface area contributed by atoms with Crippen LogP contribution in [0.5, 0.6) is 0 Å². The van der Waals surface area contributed by atoms with E-state index in [2.05, 4.69) is 15.3 Å². The van der Waals surface area contributed by atoms with Gasteiger partial charge in [-0.25, -0.2) is 14.6 Å². The van der Waals surface area contributed by atoms with E-state index >= 15 is 0 Å². The van der Waals surface area contributed by atoms with Crippen molar-refractivity contribution in [3.8, 4) is 0 Å². The van der Waals surface area contributed by atoms with Gasteiger partial charge in [-0.3, -0.25) is 4.79 Å². The van der Waals surface area contributed by atoms with Gasteiger partial charge in [-0.15, -0.1) is 0 Å². The van der Waals surface area contributed by atoms with Gasteiger partial charge < -0.3 is 24.9 Å². The first-order valence-electron chi connectivity index (χ1n) is 11.2. The smallest absolute Gasteiger partial charge is 0.342 e. The first-order valence-corrected chi connectivity index (χ1v) is 11.2. The van der Waals surface area contributed by atoms with Crippen molar-refractivity contribution in [1.29, 1.82) is 0 Å². The molecule has 0 fully saturated rings. The number of hydrogen-bond donors (Lipinski definition) is 2. The number of nitrogens with two attached hydrogens (primary N) is 1. The van der Waals surface area contributed by atoms with Crippen LogP contribution in [0.1, 0.15) is 50.8 Å². The van der Waals surface area contributed by atoms with E-state index in [1.165, 1.54) is 0 Å². The molecule has 1 unspecified atom stereocenters. The van der Waals surface area contributed by atoms with Crippen molar-refractivity contribution in [2.75, 3.05) is 12.3 Å². The van der Waals surface area contributed by atoms with Crippen LogP contribution < -0.4 is 11.1 Å². The van der Waals surface area contributed by atoms with Crippen LogP contribution in [0, 0.1) is 6.92 Å². The highest BCUT2D eigenvalue weighted by Crippen LogP contribution is 2.29. The largest absolute Gasteiger partial charge is 0.462 e. The lowest BCUT2D eigenvalue weighted by atomic mass is 10.1. The average Bonchev–Trinajstić information content (AvgIpc) is 3.23. The molecule has 0 aliphatic carbocycles. The molecule has 36 heavy (non-hydrogen) atoms. The molecule has 3 N–H and O–H groups in total. The maximum absolute atomic E-state index is 13.0. The highest BCUT2D eigenvalue weighted by molar-refractivity contribution is 6.07. The Hall–Kier alpha value is -4.73. The molecule has 0 aliphatic heterocycles. The molecule has 2 aromatic heterocycles. The monoisotopic (exact) mass is 488 g/mol. The lowest BCUT2D eigenvalue weighted by molar-refractivity contribution is -0.147. The molecule has 184 valence electrons. The summed E-state index contributed by atoms with van der Waals surface area (Å²) in [5.74, 6) is -1.40. The summed E-state index contributed by atoms with van der Waals surface area (Å²) in [6, 6.07) is 16.2. The minimum absolute atomic E-state index is 0.0112. The second-order valence-electron chi connectivity index (χ2n) is 7.75. The van der Waals surface area contributed by atoms with E-state index in [4.69, 9.17) is 19.6 Å². The predicted molar refractivity (Wildman–Crippen MR) is 130 cm³/mol. The third-order valence-electron chi connectivity index (χ3n) is 5.31. The first kappa shape index (κ1) is 24.4. The van der Waals surface area contributed by atoms with Crippen LogP contribution in [-0.4, -0.2) is 34.4 Å². The van der Waals surface area contributed by atoms with Gasteiger partial charge in [0, 0.05) is 5.56 Å². The van der Waals surface area contributed by atoms with E-state index in [0.717, 1.165) is 0 Å². The highest BCUT2D eigenvalue weighted by Gasteiger charge is 2.27. The topological polar surface area (TPSA) is 147 Å². The minimum atomic E-state index is -1.07. The molecular formula is C26H24N4O6. The second kappa shape index (κ2) is 10.7. The minimum Gasteiger partial charge on any atom is -0.462 e. The Morgan fingerprint density at radius 3 is 2.33 bits per heavy atom. The van der Waals surface area contributed by atoms with Crippen LogP contribution in [0.4, 0.5) is 5.82 Å². The third kappa shape index (κ3) is 5.17. The number of esters is 2. The number of aromatic nitrogens is 2. The molecule has 0 saturated carbocycles. The number of aryl methyl sites for hydroxylation is 1. The maximum Gasteiger partial charge on any atom is 0.342 e. The third-order valence-corrected chi connectivity index (χ3v) is 5.31. The molecule has 0 bridgehead atoms. The van der Waals surface area contributed by atoms with Gasteiger partial charge in [0.2, 0.25) is 5.71 Å². The van der Waals surface area contributed by atoms with Gasteiger partial charge in [0.25, 0.3) is 5.91 Å². The van der Waals surface area contributed by atoms with E-state index in [-0.39, 0.29) is 47.3 Å². The number of amides is 1. The Kier molecular flexibility index (Phi) is 7.24. The van der Waals surface area contributed by atoms with Crippen LogP contribution in [0.2, 0.25) is 0 Å². The van der Waals surface area contributed by atoms with Gasteiger partial charge >= 0.3 is 11.9 Å². The Labute approximate surface area is 206 Å². The van der Waals surface area contributed by atoms with Crippen LogP contribution in [-0.2, 0) is 20.9 Å². The molecule has 2 aromatic carbocycles. The normalized spacial score (nSPS) is 11.6. The van der Waals surface area contributed by atoms with Crippen LogP contribution in [0.25, 0.3) is 11.1 Å². The average molecular weight is 489 g/mol. The van der Waals surface area contributed by atoms with Crippen molar-refractivity contribution in [2.45, 2.75) is 26.5 Å². The number of carbonyl (C=O) groups excluding carboxylic acids is 3. The summed E-state index contributed by atoms with van der Waals surface area (Å²) in [6.45, 7) is 3.13. The molecule has 0 spiro atoms. The van der Waals surface area contributed by atoms with E-state index < -0.39 is 23.9 Å². The summed E-state index contributed by atoms with van der Waals surface area (Å²) in [6.07, 6.45) is 0. The summed E-state index contributed by atoms with van der Waals surface area (Å²) >= 11 is 0. The number of nitrogen functional groups attached to an aromatic ring is 1. The maximum atomic E-state index is 13.0. The summed E-state index contributed by atoms with van der Waals surface area (Å²) < 4.78 is 16.1. The van der Waals surface area contributed by atoms with Crippen LogP contribution >= 0.6 is 0 Å². The van der Waals surface area contributed by atoms with Crippen molar-refractivity contribution < 1.29 is 28.3 Å².